The minimum Gasteiger partial charge on any atom is -0.378 e. The first-order valence-electron chi connectivity index (χ1n) is 7.80. The molecule has 2 aliphatic rings. The fourth-order valence-corrected chi connectivity index (χ4v) is 2.68. The number of hydrogen-bond donors (Lipinski definition) is 1. The molecule has 1 unspecified atom stereocenters. The maximum absolute atomic E-state index is 12.3. The first-order chi connectivity index (χ1) is 10.7. The number of ether oxygens (including phenoxy) is 2. The van der Waals surface area contributed by atoms with Crippen LogP contribution in [0.3, 0.4) is 0 Å². The number of aryl methyl sites for hydroxylation is 1. The van der Waals surface area contributed by atoms with E-state index in [4.69, 9.17) is 9.47 Å². The molecule has 0 aromatic carbocycles. The second-order valence-electron chi connectivity index (χ2n) is 5.64. The van der Waals surface area contributed by atoms with E-state index >= 15 is 0 Å². The zero-order valence-electron chi connectivity index (χ0n) is 12.9. The van der Waals surface area contributed by atoms with Crippen LogP contribution in [0.25, 0.3) is 0 Å². The number of amides is 1. The maximum atomic E-state index is 12.3. The van der Waals surface area contributed by atoms with Crippen LogP contribution in [0.5, 0.6) is 0 Å². The molecule has 1 atom stereocenters. The molecule has 2 aliphatic heterocycles. The van der Waals surface area contributed by atoms with Crippen molar-refractivity contribution in [1.82, 2.24) is 15.3 Å². The van der Waals surface area contributed by atoms with E-state index < -0.39 is 0 Å². The summed E-state index contributed by atoms with van der Waals surface area (Å²) in [6, 6.07) is 1.72. The molecule has 1 aromatic rings. The van der Waals surface area contributed by atoms with Gasteiger partial charge in [-0.15, -0.1) is 0 Å². The van der Waals surface area contributed by atoms with Gasteiger partial charge in [-0.05, 0) is 25.8 Å². The molecule has 3 heterocycles. The standard InChI is InChI=1S/C15H22N4O3/c1-11-9-13(14(20)16-10-12-3-2-6-22-12)18-15(17-11)19-4-7-21-8-5-19/h9,12H,2-8,10H2,1H3,(H,16,20). The fourth-order valence-electron chi connectivity index (χ4n) is 2.68. The number of hydrogen-bond acceptors (Lipinski definition) is 6. The number of anilines is 1. The average Bonchev–Trinajstić information content (AvgIpc) is 3.06. The Kier molecular flexibility index (Phi) is 4.84. The molecular formula is C15H22N4O3. The minimum atomic E-state index is -0.171. The second-order valence-corrected chi connectivity index (χ2v) is 5.64. The first kappa shape index (κ1) is 15.2. The summed E-state index contributed by atoms with van der Waals surface area (Å²) >= 11 is 0. The van der Waals surface area contributed by atoms with Gasteiger partial charge in [0.2, 0.25) is 5.95 Å². The third-order valence-corrected chi connectivity index (χ3v) is 3.88. The topological polar surface area (TPSA) is 76.6 Å². The van der Waals surface area contributed by atoms with Gasteiger partial charge in [0.05, 0.1) is 19.3 Å². The van der Waals surface area contributed by atoms with E-state index in [1.54, 1.807) is 6.07 Å². The summed E-state index contributed by atoms with van der Waals surface area (Å²) in [5.74, 6) is 0.432. The zero-order chi connectivity index (χ0) is 15.4. The predicted octanol–water partition coefficient (Wildman–Crippen LogP) is 0.530. The Morgan fingerprint density at radius 1 is 1.36 bits per heavy atom. The summed E-state index contributed by atoms with van der Waals surface area (Å²) in [7, 11) is 0. The van der Waals surface area contributed by atoms with E-state index in [0.29, 0.717) is 31.4 Å². The van der Waals surface area contributed by atoms with Gasteiger partial charge < -0.3 is 19.7 Å². The van der Waals surface area contributed by atoms with Crippen molar-refractivity contribution in [3.8, 4) is 0 Å². The highest BCUT2D eigenvalue weighted by Gasteiger charge is 2.19. The molecule has 2 fully saturated rings. The van der Waals surface area contributed by atoms with E-state index in [-0.39, 0.29) is 12.0 Å². The van der Waals surface area contributed by atoms with Crippen LogP contribution in [0.4, 0.5) is 5.95 Å². The number of carbonyl (C=O) groups is 1. The molecule has 3 rings (SSSR count). The zero-order valence-corrected chi connectivity index (χ0v) is 12.9. The lowest BCUT2D eigenvalue weighted by Crippen LogP contribution is -2.38. The van der Waals surface area contributed by atoms with Gasteiger partial charge in [-0.2, -0.15) is 0 Å². The van der Waals surface area contributed by atoms with Gasteiger partial charge in [0.15, 0.2) is 0 Å². The summed E-state index contributed by atoms with van der Waals surface area (Å²) in [6.45, 7) is 6.03. The molecule has 7 heteroatoms. The predicted molar refractivity (Wildman–Crippen MR) is 81.1 cm³/mol. The van der Waals surface area contributed by atoms with Crippen LogP contribution in [-0.4, -0.2) is 61.4 Å². The molecule has 0 spiro atoms. The third kappa shape index (κ3) is 3.72. The van der Waals surface area contributed by atoms with Crippen LogP contribution in [0, 0.1) is 6.92 Å². The van der Waals surface area contributed by atoms with Gasteiger partial charge in [-0.3, -0.25) is 4.79 Å². The van der Waals surface area contributed by atoms with E-state index in [1.807, 2.05) is 11.8 Å². The Morgan fingerprint density at radius 3 is 2.91 bits per heavy atom. The summed E-state index contributed by atoms with van der Waals surface area (Å²) in [5, 5.41) is 2.90. The summed E-state index contributed by atoms with van der Waals surface area (Å²) in [5.41, 5.74) is 1.20. The van der Waals surface area contributed by atoms with Crippen molar-refractivity contribution in [2.24, 2.45) is 0 Å². The Balaban J connectivity index is 1.66. The largest absolute Gasteiger partial charge is 0.378 e. The highest BCUT2D eigenvalue weighted by Crippen LogP contribution is 2.13. The molecule has 120 valence electrons. The smallest absolute Gasteiger partial charge is 0.270 e. The van der Waals surface area contributed by atoms with Crippen molar-refractivity contribution in [3.63, 3.8) is 0 Å². The number of nitrogens with one attached hydrogen (secondary N) is 1. The van der Waals surface area contributed by atoms with Crippen molar-refractivity contribution in [1.29, 1.82) is 0 Å². The normalized spacial score (nSPS) is 21.9. The van der Waals surface area contributed by atoms with E-state index in [2.05, 4.69) is 15.3 Å². The summed E-state index contributed by atoms with van der Waals surface area (Å²) < 4.78 is 10.8. The van der Waals surface area contributed by atoms with Crippen LogP contribution in [0.2, 0.25) is 0 Å². The monoisotopic (exact) mass is 306 g/mol. The molecule has 0 saturated carbocycles. The molecule has 7 nitrogen and oxygen atoms in total. The van der Waals surface area contributed by atoms with Crippen molar-refractivity contribution in [2.75, 3.05) is 44.4 Å². The number of carbonyl (C=O) groups excluding carboxylic acids is 1. The lowest BCUT2D eigenvalue weighted by atomic mass is 10.2. The second kappa shape index (κ2) is 7.02. The highest BCUT2D eigenvalue weighted by molar-refractivity contribution is 5.92. The van der Waals surface area contributed by atoms with Crippen molar-refractivity contribution < 1.29 is 14.3 Å². The SMILES string of the molecule is Cc1cc(C(=O)NCC2CCCO2)nc(N2CCOCC2)n1. The van der Waals surface area contributed by atoms with Crippen LogP contribution < -0.4 is 10.2 Å². The summed E-state index contributed by atoms with van der Waals surface area (Å²) in [6.07, 6.45) is 2.20. The highest BCUT2D eigenvalue weighted by atomic mass is 16.5. The Labute approximate surface area is 130 Å². The van der Waals surface area contributed by atoms with Gasteiger partial charge in [-0.1, -0.05) is 0 Å². The van der Waals surface area contributed by atoms with Crippen LogP contribution >= 0.6 is 0 Å². The average molecular weight is 306 g/mol. The summed E-state index contributed by atoms with van der Waals surface area (Å²) in [4.78, 5) is 23.2. The van der Waals surface area contributed by atoms with Crippen molar-refractivity contribution >= 4 is 11.9 Å². The number of aromatic nitrogens is 2. The molecule has 22 heavy (non-hydrogen) atoms. The van der Waals surface area contributed by atoms with Gasteiger partial charge in [-0.25, -0.2) is 9.97 Å². The Bertz CT molecular complexity index is 526. The quantitative estimate of drug-likeness (QED) is 0.874. The van der Waals surface area contributed by atoms with E-state index in [9.17, 15) is 4.79 Å². The molecule has 1 aromatic heterocycles. The number of morpholine rings is 1. The van der Waals surface area contributed by atoms with E-state index in [0.717, 1.165) is 38.2 Å². The molecule has 0 radical (unpaired) electrons. The first-order valence-corrected chi connectivity index (χ1v) is 7.80. The minimum absolute atomic E-state index is 0.130. The van der Waals surface area contributed by atoms with Gasteiger partial charge in [0.25, 0.3) is 5.91 Å². The van der Waals surface area contributed by atoms with Gasteiger partial charge >= 0.3 is 0 Å². The molecule has 0 bridgehead atoms. The van der Waals surface area contributed by atoms with Gasteiger partial charge in [0.1, 0.15) is 5.69 Å². The Morgan fingerprint density at radius 2 is 2.18 bits per heavy atom. The number of nitrogens with zero attached hydrogens (tertiary/aromatic N) is 3. The Hall–Kier alpha value is -1.73. The van der Waals surface area contributed by atoms with Gasteiger partial charge in [0, 0.05) is 31.9 Å². The molecule has 1 N–H and O–H groups in total. The molecular weight excluding hydrogens is 284 g/mol. The lowest BCUT2D eigenvalue weighted by molar-refractivity contribution is 0.0853. The molecule has 0 aliphatic carbocycles. The fraction of sp³-hybridized carbons (Fsp3) is 0.667. The molecule has 2 saturated heterocycles. The number of rotatable bonds is 4. The van der Waals surface area contributed by atoms with E-state index in [1.165, 1.54) is 0 Å². The van der Waals surface area contributed by atoms with Crippen LogP contribution in [-0.2, 0) is 9.47 Å². The van der Waals surface area contributed by atoms with Crippen molar-refractivity contribution in [2.45, 2.75) is 25.9 Å². The van der Waals surface area contributed by atoms with Crippen molar-refractivity contribution in [3.05, 3.63) is 17.5 Å². The molecule has 1 amide bonds. The maximum Gasteiger partial charge on any atom is 0.270 e. The third-order valence-electron chi connectivity index (χ3n) is 3.88. The van der Waals surface area contributed by atoms with Crippen LogP contribution in [0.15, 0.2) is 6.07 Å². The lowest BCUT2D eigenvalue weighted by Gasteiger charge is -2.27. The van der Waals surface area contributed by atoms with Crippen LogP contribution in [0.1, 0.15) is 29.0 Å².